The third-order valence-electron chi connectivity index (χ3n) is 3.71. The van der Waals surface area contributed by atoms with Crippen molar-refractivity contribution in [2.45, 2.75) is 20.4 Å². The Kier molecular flexibility index (Phi) is 6.07. The molecule has 2 aromatic rings. The first-order valence-electron chi connectivity index (χ1n) is 7.86. The standard InChI is InChI=1S/C19H22N2O3/c1-14(19(23)24-3)12-21(13-16-9-5-4-6-10-16)18(22)17-11-7-8-15(2)20-17/h4-11,14H,12-13H2,1-3H3. The Balaban J connectivity index is 2.24. The summed E-state index contributed by atoms with van der Waals surface area (Å²) in [4.78, 5) is 30.5. The second kappa shape index (κ2) is 8.24. The van der Waals surface area contributed by atoms with Crippen molar-refractivity contribution in [3.63, 3.8) is 0 Å². The number of benzene rings is 1. The molecule has 0 aliphatic heterocycles. The number of aryl methyl sites for hydroxylation is 1. The van der Waals surface area contributed by atoms with Gasteiger partial charge in [0.25, 0.3) is 5.91 Å². The van der Waals surface area contributed by atoms with Gasteiger partial charge in [0.2, 0.25) is 0 Å². The molecular weight excluding hydrogens is 304 g/mol. The molecule has 5 nitrogen and oxygen atoms in total. The summed E-state index contributed by atoms with van der Waals surface area (Å²) in [5, 5.41) is 0. The minimum Gasteiger partial charge on any atom is -0.469 e. The van der Waals surface area contributed by atoms with E-state index in [1.54, 1.807) is 24.0 Å². The van der Waals surface area contributed by atoms with Crippen molar-refractivity contribution in [3.8, 4) is 0 Å². The molecule has 1 amide bonds. The van der Waals surface area contributed by atoms with Crippen molar-refractivity contribution < 1.29 is 14.3 Å². The van der Waals surface area contributed by atoms with E-state index in [1.807, 2.05) is 43.3 Å². The molecule has 24 heavy (non-hydrogen) atoms. The second-order valence-corrected chi connectivity index (χ2v) is 5.76. The lowest BCUT2D eigenvalue weighted by atomic mass is 10.1. The van der Waals surface area contributed by atoms with E-state index in [-0.39, 0.29) is 18.4 Å². The maximum atomic E-state index is 12.9. The first-order chi connectivity index (χ1) is 11.5. The number of ether oxygens (including phenoxy) is 1. The summed E-state index contributed by atoms with van der Waals surface area (Å²) in [6.07, 6.45) is 0. The highest BCUT2D eigenvalue weighted by Gasteiger charge is 2.23. The molecule has 0 bridgehead atoms. The molecule has 1 unspecified atom stereocenters. The van der Waals surface area contributed by atoms with Crippen LogP contribution < -0.4 is 0 Å². The van der Waals surface area contributed by atoms with Crippen LogP contribution in [0.2, 0.25) is 0 Å². The van der Waals surface area contributed by atoms with E-state index < -0.39 is 5.92 Å². The number of esters is 1. The predicted molar refractivity (Wildman–Crippen MR) is 91.3 cm³/mol. The molecule has 0 spiro atoms. The lowest BCUT2D eigenvalue weighted by Crippen LogP contribution is -2.37. The number of rotatable bonds is 6. The molecule has 0 saturated carbocycles. The Labute approximate surface area is 142 Å². The van der Waals surface area contributed by atoms with Crippen LogP contribution in [0.4, 0.5) is 0 Å². The first kappa shape index (κ1) is 17.7. The summed E-state index contributed by atoms with van der Waals surface area (Å²) < 4.78 is 4.78. The van der Waals surface area contributed by atoms with E-state index in [1.165, 1.54) is 7.11 Å². The van der Waals surface area contributed by atoms with Crippen LogP contribution in [0.5, 0.6) is 0 Å². The number of amides is 1. The zero-order valence-electron chi connectivity index (χ0n) is 14.2. The molecule has 1 aromatic carbocycles. The highest BCUT2D eigenvalue weighted by Crippen LogP contribution is 2.13. The fourth-order valence-corrected chi connectivity index (χ4v) is 2.45. The van der Waals surface area contributed by atoms with Gasteiger partial charge in [0.1, 0.15) is 5.69 Å². The summed E-state index contributed by atoms with van der Waals surface area (Å²) in [5.41, 5.74) is 2.15. The lowest BCUT2D eigenvalue weighted by Gasteiger charge is -2.25. The zero-order valence-corrected chi connectivity index (χ0v) is 14.2. The Morgan fingerprint density at radius 3 is 2.46 bits per heavy atom. The van der Waals surface area contributed by atoms with Gasteiger partial charge in [-0.1, -0.05) is 43.3 Å². The number of aromatic nitrogens is 1. The van der Waals surface area contributed by atoms with Gasteiger partial charge < -0.3 is 9.64 Å². The lowest BCUT2D eigenvalue weighted by molar-refractivity contribution is -0.145. The number of nitrogens with zero attached hydrogens (tertiary/aromatic N) is 2. The van der Waals surface area contributed by atoms with Crippen LogP contribution >= 0.6 is 0 Å². The van der Waals surface area contributed by atoms with E-state index in [4.69, 9.17) is 4.74 Å². The number of methoxy groups -OCH3 is 1. The van der Waals surface area contributed by atoms with Crippen molar-refractivity contribution in [1.29, 1.82) is 0 Å². The van der Waals surface area contributed by atoms with Gasteiger partial charge in [0, 0.05) is 18.8 Å². The fourth-order valence-electron chi connectivity index (χ4n) is 2.45. The minimum atomic E-state index is -0.410. The normalized spacial score (nSPS) is 11.6. The third kappa shape index (κ3) is 4.65. The second-order valence-electron chi connectivity index (χ2n) is 5.76. The van der Waals surface area contributed by atoms with E-state index in [0.717, 1.165) is 11.3 Å². The molecule has 0 aliphatic carbocycles. The third-order valence-corrected chi connectivity index (χ3v) is 3.71. The smallest absolute Gasteiger partial charge is 0.310 e. The Bertz CT molecular complexity index is 701. The van der Waals surface area contributed by atoms with Crippen LogP contribution in [0.1, 0.15) is 28.7 Å². The Morgan fingerprint density at radius 1 is 1.12 bits per heavy atom. The Hall–Kier alpha value is -2.69. The van der Waals surface area contributed by atoms with Crippen molar-refractivity contribution in [2.75, 3.05) is 13.7 Å². The molecule has 0 saturated heterocycles. The summed E-state index contributed by atoms with van der Waals surface area (Å²) >= 11 is 0. The number of carbonyl (C=O) groups excluding carboxylic acids is 2. The van der Waals surface area contributed by atoms with Crippen LogP contribution in [0, 0.1) is 12.8 Å². The van der Waals surface area contributed by atoms with Crippen molar-refractivity contribution in [2.24, 2.45) is 5.92 Å². The zero-order chi connectivity index (χ0) is 17.5. The Morgan fingerprint density at radius 2 is 1.83 bits per heavy atom. The summed E-state index contributed by atoms with van der Waals surface area (Å²) in [6, 6.07) is 15.0. The average Bonchev–Trinajstić information content (AvgIpc) is 2.60. The average molecular weight is 326 g/mol. The first-order valence-corrected chi connectivity index (χ1v) is 7.86. The van der Waals surface area contributed by atoms with Gasteiger partial charge in [-0.15, -0.1) is 0 Å². The van der Waals surface area contributed by atoms with Gasteiger partial charge in [0.05, 0.1) is 13.0 Å². The monoisotopic (exact) mass is 326 g/mol. The summed E-state index contributed by atoms with van der Waals surface area (Å²) in [7, 11) is 1.35. The highest BCUT2D eigenvalue weighted by atomic mass is 16.5. The van der Waals surface area contributed by atoms with Gasteiger partial charge in [-0.2, -0.15) is 0 Å². The van der Waals surface area contributed by atoms with Crippen molar-refractivity contribution in [3.05, 3.63) is 65.5 Å². The molecule has 0 N–H and O–H groups in total. The number of hydrogen-bond acceptors (Lipinski definition) is 4. The van der Waals surface area contributed by atoms with Gasteiger partial charge >= 0.3 is 5.97 Å². The quantitative estimate of drug-likeness (QED) is 0.766. The molecule has 1 heterocycles. The van der Waals surface area contributed by atoms with Crippen LogP contribution in [0.15, 0.2) is 48.5 Å². The van der Waals surface area contributed by atoms with E-state index >= 15 is 0 Å². The van der Waals surface area contributed by atoms with Crippen LogP contribution in [-0.4, -0.2) is 35.4 Å². The molecule has 0 fully saturated rings. The minimum absolute atomic E-state index is 0.196. The molecule has 0 radical (unpaired) electrons. The topological polar surface area (TPSA) is 59.5 Å². The van der Waals surface area contributed by atoms with E-state index in [9.17, 15) is 9.59 Å². The van der Waals surface area contributed by atoms with E-state index in [0.29, 0.717) is 12.2 Å². The van der Waals surface area contributed by atoms with Crippen molar-refractivity contribution in [1.82, 2.24) is 9.88 Å². The molecule has 5 heteroatoms. The maximum Gasteiger partial charge on any atom is 0.310 e. The van der Waals surface area contributed by atoms with Gasteiger partial charge in [-0.3, -0.25) is 9.59 Å². The van der Waals surface area contributed by atoms with E-state index in [2.05, 4.69) is 4.98 Å². The molecule has 1 atom stereocenters. The molecule has 1 aromatic heterocycles. The summed E-state index contributed by atoms with van der Waals surface area (Å²) in [6.45, 7) is 4.28. The molecule has 126 valence electrons. The molecule has 2 rings (SSSR count). The van der Waals surface area contributed by atoms with Crippen molar-refractivity contribution >= 4 is 11.9 Å². The molecule has 0 aliphatic rings. The van der Waals surface area contributed by atoms with Crippen LogP contribution in [-0.2, 0) is 16.1 Å². The number of pyridine rings is 1. The van der Waals surface area contributed by atoms with Crippen LogP contribution in [0.25, 0.3) is 0 Å². The van der Waals surface area contributed by atoms with Gasteiger partial charge in [0.15, 0.2) is 0 Å². The fraction of sp³-hybridized carbons (Fsp3) is 0.316. The predicted octanol–water partition coefficient (Wildman–Crippen LogP) is 2.84. The number of hydrogen-bond donors (Lipinski definition) is 0. The summed E-state index contributed by atoms with van der Waals surface area (Å²) in [5.74, 6) is -0.941. The van der Waals surface area contributed by atoms with Crippen LogP contribution in [0.3, 0.4) is 0 Å². The molecular formula is C19H22N2O3. The maximum absolute atomic E-state index is 12.9. The van der Waals surface area contributed by atoms with Gasteiger partial charge in [-0.05, 0) is 24.6 Å². The SMILES string of the molecule is COC(=O)C(C)CN(Cc1ccccc1)C(=O)c1cccc(C)n1. The largest absolute Gasteiger partial charge is 0.469 e. The number of carbonyl (C=O) groups is 2. The van der Waals surface area contributed by atoms with Gasteiger partial charge in [-0.25, -0.2) is 4.98 Å². The highest BCUT2D eigenvalue weighted by molar-refractivity contribution is 5.92.